The van der Waals surface area contributed by atoms with Crippen LogP contribution in [0.4, 0.5) is 5.88 Å². The second kappa shape index (κ2) is 3.74. The molecule has 0 bridgehead atoms. The highest BCUT2D eigenvalue weighted by Gasteiger charge is 2.11. The zero-order valence-electron chi connectivity index (χ0n) is 9.24. The van der Waals surface area contributed by atoms with Crippen molar-refractivity contribution in [2.24, 2.45) is 0 Å². The van der Waals surface area contributed by atoms with E-state index < -0.39 is 0 Å². The molecule has 2 aromatic rings. The molecule has 1 aromatic carbocycles. The molecule has 16 heavy (non-hydrogen) atoms. The Morgan fingerprint density at radius 1 is 1.25 bits per heavy atom. The van der Waals surface area contributed by atoms with Crippen molar-refractivity contribution < 1.29 is 4.42 Å². The van der Waals surface area contributed by atoms with Crippen molar-refractivity contribution >= 4 is 5.88 Å². The maximum absolute atomic E-state index is 8.80. The maximum atomic E-state index is 8.80. The Morgan fingerprint density at radius 2 is 2.00 bits per heavy atom. The van der Waals surface area contributed by atoms with Gasteiger partial charge in [0, 0.05) is 11.6 Å². The summed E-state index contributed by atoms with van der Waals surface area (Å²) in [6.45, 7) is 4.04. The van der Waals surface area contributed by atoms with Crippen LogP contribution in [0.2, 0.25) is 0 Å². The van der Waals surface area contributed by atoms with Crippen LogP contribution in [0.1, 0.15) is 16.7 Å². The first kappa shape index (κ1) is 10.3. The van der Waals surface area contributed by atoms with Crippen LogP contribution in [-0.2, 0) is 0 Å². The van der Waals surface area contributed by atoms with Gasteiger partial charge < -0.3 is 10.2 Å². The molecule has 80 valence electrons. The predicted octanol–water partition coefficient (Wildman–Crippen LogP) is 3.02. The third-order valence-corrected chi connectivity index (χ3v) is 2.53. The van der Waals surface area contributed by atoms with E-state index in [1.54, 1.807) is 6.07 Å². The van der Waals surface area contributed by atoms with Crippen molar-refractivity contribution in [3.05, 3.63) is 41.0 Å². The molecule has 0 radical (unpaired) electrons. The fraction of sp³-hybridized carbons (Fsp3) is 0.154. The van der Waals surface area contributed by atoms with Gasteiger partial charge in [0.05, 0.1) is 0 Å². The molecule has 0 fully saturated rings. The van der Waals surface area contributed by atoms with Crippen LogP contribution in [0.5, 0.6) is 0 Å². The van der Waals surface area contributed by atoms with Gasteiger partial charge in [-0.2, -0.15) is 5.26 Å². The van der Waals surface area contributed by atoms with Gasteiger partial charge in [-0.05, 0) is 19.4 Å². The molecule has 0 aliphatic heterocycles. The molecule has 0 saturated carbocycles. The lowest BCUT2D eigenvalue weighted by Crippen LogP contribution is -1.83. The van der Waals surface area contributed by atoms with Crippen molar-refractivity contribution in [3.63, 3.8) is 0 Å². The van der Waals surface area contributed by atoms with Gasteiger partial charge in [-0.15, -0.1) is 0 Å². The minimum Gasteiger partial charge on any atom is -0.440 e. The zero-order valence-corrected chi connectivity index (χ0v) is 9.24. The highest BCUT2D eigenvalue weighted by molar-refractivity contribution is 5.67. The first-order chi connectivity index (χ1) is 7.61. The lowest BCUT2D eigenvalue weighted by Gasteiger charge is -2.03. The summed E-state index contributed by atoms with van der Waals surface area (Å²) < 4.78 is 5.37. The molecule has 1 heterocycles. The van der Waals surface area contributed by atoms with Crippen molar-refractivity contribution in [1.82, 2.24) is 0 Å². The lowest BCUT2D eigenvalue weighted by molar-refractivity contribution is 0.602. The molecule has 0 aliphatic rings. The van der Waals surface area contributed by atoms with Crippen LogP contribution < -0.4 is 5.73 Å². The van der Waals surface area contributed by atoms with Gasteiger partial charge in [0.15, 0.2) is 0 Å². The maximum Gasteiger partial charge on any atom is 0.208 e. The number of nitriles is 1. The molecule has 0 amide bonds. The van der Waals surface area contributed by atoms with Gasteiger partial charge in [0.25, 0.3) is 0 Å². The third-order valence-electron chi connectivity index (χ3n) is 2.53. The summed E-state index contributed by atoms with van der Waals surface area (Å²) in [5, 5.41) is 8.80. The Balaban J connectivity index is 2.55. The van der Waals surface area contributed by atoms with Crippen molar-refractivity contribution in [2.75, 3.05) is 5.73 Å². The Morgan fingerprint density at radius 3 is 2.56 bits per heavy atom. The van der Waals surface area contributed by atoms with E-state index in [0.29, 0.717) is 11.3 Å². The van der Waals surface area contributed by atoms with Crippen molar-refractivity contribution in [2.45, 2.75) is 13.8 Å². The second-order valence-corrected chi connectivity index (χ2v) is 3.82. The van der Waals surface area contributed by atoms with E-state index in [1.807, 2.05) is 32.0 Å². The minimum absolute atomic E-state index is 0.178. The molecular formula is C13H12N2O. The summed E-state index contributed by atoms with van der Waals surface area (Å²) in [5.74, 6) is 0.823. The number of anilines is 1. The van der Waals surface area contributed by atoms with Crippen LogP contribution in [-0.4, -0.2) is 0 Å². The van der Waals surface area contributed by atoms with Gasteiger partial charge >= 0.3 is 0 Å². The molecule has 0 atom stereocenters. The summed E-state index contributed by atoms with van der Waals surface area (Å²) in [5.41, 5.74) is 9.24. The number of hydrogen-bond donors (Lipinski definition) is 1. The summed E-state index contributed by atoms with van der Waals surface area (Å²) >= 11 is 0. The van der Waals surface area contributed by atoms with E-state index in [9.17, 15) is 0 Å². The van der Waals surface area contributed by atoms with Crippen LogP contribution in [0.15, 0.2) is 28.7 Å². The van der Waals surface area contributed by atoms with Crippen LogP contribution in [0, 0.1) is 25.2 Å². The van der Waals surface area contributed by atoms with E-state index in [1.165, 1.54) is 5.56 Å². The number of nitrogens with two attached hydrogens (primary N) is 1. The number of furan rings is 1. The Labute approximate surface area is 94.1 Å². The number of rotatable bonds is 1. The monoisotopic (exact) mass is 212 g/mol. The quantitative estimate of drug-likeness (QED) is 0.790. The summed E-state index contributed by atoms with van der Waals surface area (Å²) in [6.07, 6.45) is 0. The number of nitrogens with zero attached hydrogens (tertiary/aromatic N) is 1. The number of nitrogen functional groups attached to an aromatic ring is 1. The normalized spacial score (nSPS) is 10.1. The average Bonchev–Trinajstić information content (AvgIpc) is 2.59. The standard InChI is InChI=1S/C13H12N2O/c1-8-3-4-11(9(2)5-8)12-6-10(7-14)13(15)16-12/h3-6H,15H2,1-2H3. The van der Waals surface area contributed by atoms with Gasteiger partial charge in [0.1, 0.15) is 17.4 Å². The summed E-state index contributed by atoms with van der Waals surface area (Å²) in [7, 11) is 0. The molecule has 3 nitrogen and oxygen atoms in total. The summed E-state index contributed by atoms with van der Waals surface area (Å²) in [6, 6.07) is 9.72. The topological polar surface area (TPSA) is 63.0 Å². The van der Waals surface area contributed by atoms with Gasteiger partial charge in [-0.1, -0.05) is 23.8 Å². The third kappa shape index (κ3) is 1.66. The largest absolute Gasteiger partial charge is 0.440 e. The van der Waals surface area contributed by atoms with Gasteiger partial charge in [-0.3, -0.25) is 0 Å². The van der Waals surface area contributed by atoms with E-state index >= 15 is 0 Å². The SMILES string of the molecule is Cc1ccc(-c2cc(C#N)c(N)o2)c(C)c1. The Bertz CT molecular complexity index is 576. The molecule has 1 aromatic heterocycles. The fourth-order valence-electron chi connectivity index (χ4n) is 1.72. The van der Waals surface area contributed by atoms with Gasteiger partial charge in [-0.25, -0.2) is 0 Å². The Kier molecular flexibility index (Phi) is 2.41. The summed E-state index contributed by atoms with van der Waals surface area (Å²) in [4.78, 5) is 0. The highest BCUT2D eigenvalue weighted by atomic mass is 16.4. The number of hydrogen-bond acceptors (Lipinski definition) is 3. The van der Waals surface area contributed by atoms with Crippen LogP contribution in [0.3, 0.4) is 0 Å². The van der Waals surface area contributed by atoms with Crippen LogP contribution >= 0.6 is 0 Å². The van der Waals surface area contributed by atoms with E-state index in [4.69, 9.17) is 15.4 Å². The Hall–Kier alpha value is -2.21. The molecule has 2 N–H and O–H groups in total. The van der Waals surface area contributed by atoms with E-state index in [2.05, 4.69) is 6.07 Å². The number of benzene rings is 1. The lowest BCUT2D eigenvalue weighted by atomic mass is 10.0. The van der Waals surface area contributed by atoms with Crippen molar-refractivity contribution in [3.8, 4) is 17.4 Å². The second-order valence-electron chi connectivity index (χ2n) is 3.82. The van der Waals surface area contributed by atoms with Crippen LogP contribution in [0.25, 0.3) is 11.3 Å². The highest BCUT2D eigenvalue weighted by Crippen LogP contribution is 2.29. The zero-order chi connectivity index (χ0) is 11.7. The first-order valence-electron chi connectivity index (χ1n) is 4.99. The smallest absolute Gasteiger partial charge is 0.208 e. The fourth-order valence-corrected chi connectivity index (χ4v) is 1.72. The van der Waals surface area contributed by atoms with Gasteiger partial charge in [0.2, 0.25) is 5.88 Å². The average molecular weight is 212 g/mol. The van der Waals surface area contributed by atoms with E-state index in [-0.39, 0.29) is 5.88 Å². The molecule has 0 saturated heterocycles. The molecule has 3 heteroatoms. The number of aryl methyl sites for hydroxylation is 2. The first-order valence-corrected chi connectivity index (χ1v) is 4.99. The molecule has 0 unspecified atom stereocenters. The predicted molar refractivity (Wildman–Crippen MR) is 62.7 cm³/mol. The molecule has 0 spiro atoms. The minimum atomic E-state index is 0.178. The molecular weight excluding hydrogens is 200 g/mol. The van der Waals surface area contributed by atoms with E-state index in [0.717, 1.165) is 11.1 Å². The van der Waals surface area contributed by atoms with Crippen molar-refractivity contribution in [1.29, 1.82) is 5.26 Å². The molecule has 0 aliphatic carbocycles. The molecule has 2 rings (SSSR count).